The number of benzene rings is 2. The molecule has 0 saturated heterocycles. The average Bonchev–Trinajstić information content (AvgIpc) is 2.61. The van der Waals surface area contributed by atoms with Crippen molar-refractivity contribution in [2.45, 2.75) is 6.92 Å². The van der Waals surface area contributed by atoms with Crippen molar-refractivity contribution in [3.8, 4) is 5.75 Å². The standard InChI is InChI=1S/C22H22NO4/c1-15-13-17-8-11-19(14-20(17)27-22(15)25)26-21(24)12-7-16-5-9-18(10-6-16)23(2,3)4/h5-14H,1-4H3/q+1. The molecule has 0 N–H and O–H groups in total. The van der Waals surface area contributed by atoms with Crippen LogP contribution in [0, 0.1) is 6.92 Å². The summed E-state index contributed by atoms with van der Waals surface area (Å²) < 4.78 is 11.2. The molecule has 3 aromatic rings. The van der Waals surface area contributed by atoms with E-state index in [1.54, 1.807) is 31.2 Å². The van der Waals surface area contributed by atoms with E-state index < -0.39 is 11.6 Å². The number of rotatable bonds is 4. The maximum Gasteiger partial charge on any atom is 0.339 e. The summed E-state index contributed by atoms with van der Waals surface area (Å²) in [6, 6.07) is 14.7. The first-order valence-corrected chi connectivity index (χ1v) is 8.59. The Balaban J connectivity index is 1.72. The van der Waals surface area contributed by atoms with Gasteiger partial charge in [0.25, 0.3) is 0 Å². The minimum absolute atomic E-state index is 0.324. The van der Waals surface area contributed by atoms with Crippen LogP contribution in [-0.2, 0) is 4.79 Å². The van der Waals surface area contributed by atoms with E-state index in [4.69, 9.17) is 9.15 Å². The molecule has 0 radical (unpaired) electrons. The third-order valence-electron chi connectivity index (χ3n) is 4.18. The van der Waals surface area contributed by atoms with E-state index in [1.807, 2.05) is 24.3 Å². The van der Waals surface area contributed by atoms with Crippen LogP contribution < -0.4 is 14.8 Å². The SMILES string of the molecule is Cc1cc2ccc(OC(=O)C=Cc3ccc([N+](C)(C)C)cc3)cc2oc1=O. The predicted octanol–water partition coefficient (Wildman–Crippen LogP) is 3.92. The summed E-state index contributed by atoms with van der Waals surface area (Å²) in [7, 11) is 6.28. The molecule has 0 amide bonds. The molecule has 0 aliphatic rings. The Morgan fingerprint density at radius 1 is 1.04 bits per heavy atom. The van der Waals surface area contributed by atoms with Gasteiger partial charge in [0.2, 0.25) is 0 Å². The van der Waals surface area contributed by atoms with Crippen molar-refractivity contribution in [3.63, 3.8) is 0 Å². The maximum atomic E-state index is 12.1. The molecule has 0 aliphatic heterocycles. The smallest absolute Gasteiger partial charge is 0.339 e. The Morgan fingerprint density at radius 3 is 2.41 bits per heavy atom. The monoisotopic (exact) mass is 364 g/mol. The average molecular weight is 364 g/mol. The van der Waals surface area contributed by atoms with Crippen LogP contribution in [0.2, 0.25) is 0 Å². The van der Waals surface area contributed by atoms with E-state index in [9.17, 15) is 9.59 Å². The van der Waals surface area contributed by atoms with Crippen LogP contribution in [0.1, 0.15) is 11.1 Å². The zero-order valence-electron chi connectivity index (χ0n) is 15.9. The molecule has 138 valence electrons. The zero-order chi connectivity index (χ0) is 19.6. The number of carbonyl (C=O) groups is 1. The molecular formula is C22H22NO4+. The van der Waals surface area contributed by atoms with Crippen molar-refractivity contribution in [2.24, 2.45) is 0 Å². The molecule has 1 heterocycles. The molecule has 0 aliphatic carbocycles. The van der Waals surface area contributed by atoms with Crippen LogP contribution in [0.15, 0.2) is 63.8 Å². The van der Waals surface area contributed by atoms with Crippen molar-refractivity contribution >= 4 is 28.7 Å². The summed E-state index contributed by atoms with van der Waals surface area (Å²) in [5, 5.41) is 0.778. The van der Waals surface area contributed by atoms with Gasteiger partial charge in [-0.25, -0.2) is 9.59 Å². The maximum absolute atomic E-state index is 12.1. The first-order valence-electron chi connectivity index (χ1n) is 8.59. The number of nitrogens with zero attached hydrogens (tertiary/aromatic N) is 1. The zero-order valence-corrected chi connectivity index (χ0v) is 15.9. The van der Waals surface area contributed by atoms with Gasteiger partial charge in [0, 0.05) is 23.1 Å². The minimum Gasteiger partial charge on any atom is -0.423 e. The predicted molar refractivity (Wildman–Crippen MR) is 108 cm³/mol. The Morgan fingerprint density at radius 2 is 1.74 bits per heavy atom. The summed E-state index contributed by atoms with van der Waals surface area (Å²) in [4.78, 5) is 23.7. The second-order valence-corrected chi connectivity index (χ2v) is 7.27. The van der Waals surface area contributed by atoms with Crippen LogP contribution in [0.4, 0.5) is 5.69 Å². The molecule has 3 rings (SSSR count). The van der Waals surface area contributed by atoms with Gasteiger partial charge in [-0.3, -0.25) is 4.48 Å². The molecular weight excluding hydrogens is 342 g/mol. The fraction of sp³-hybridized carbons (Fsp3) is 0.182. The molecule has 0 bridgehead atoms. The van der Waals surface area contributed by atoms with Gasteiger partial charge in [0.1, 0.15) is 17.0 Å². The number of ether oxygens (including phenoxy) is 1. The van der Waals surface area contributed by atoms with Gasteiger partial charge in [-0.05, 0) is 61.0 Å². The molecule has 27 heavy (non-hydrogen) atoms. The van der Waals surface area contributed by atoms with Gasteiger partial charge in [0.05, 0.1) is 21.1 Å². The second kappa shape index (κ2) is 7.21. The van der Waals surface area contributed by atoms with Gasteiger partial charge in [-0.1, -0.05) is 0 Å². The van der Waals surface area contributed by atoms with Gasteiger partial charge in [0.15, 0.2) is 0 Å². The van der Waals surface area contributed by atoms with Crippen LogP contribution in [0.5, 0.6) is 5.75 Å². The number of esters is 1. The molecule has 0 unspecified atom stereocenters. The van der Waals surface area contributed by atoms with E-state index >= 15 is 0 Å². The molecule has 0 spiro atoms. The summed E-state index contributed by atoms with van der Waals surface area (Å²) in [6.07, 6.45) is 3.07. The molecule has 1 aromatic heterocycles. The Bertz CT molecular complexity index is 1070. The first-order chi connectivity index (χ1) is 12.7. The Kier molecular flexibility index (Phi) is 4.97. The highest BCUT2D eigenvalue weighted by Gasteiger charge is 2.10. The van der Waals surface area contributed by atoms with Crippen molar-refractivity contribution in [1.29, 1.82) is 0 Å². The molecule has 5 nitrogen and oxygen atoms in total. The third kappa shape index (κ3) is 4.51. The van der Waals surface area contributed by atoms with E-state index in [0.717, 1.165) is 15.4 Å². The van der Waals surface area contributed by atoms with Crippen molar-refractivity contribution in [3.05, 3.63) is 76.2 Å². The topological polar surface area (TPSA) is 56.5 Å². The number of aryl methyl sites for hydroxylation is 1. The van der Waals surface area contributed by atoms with E-state index in [-0.39, 0.29) is 0 Å². The number of carbonyl (C=O) groups excluding carboxylic acids is 1. The van der Waals surface area contributed by atoms with Crippen molar-refractivity contribution < 1.29 is 13.9 Å². The van der Waals surface area contributed by atoms with E-state index in [1.165, 1.54) is 17.8 Å². The summed E-state index contributed by atoms with van der Waals surface area (Å²) in [5.74, 6) is -0.177. The molecule has 5 heteroatoms. The quantitative estimate of drug-likeness (QED) is 0.231. The second-order valence-electron chi connectivity index (χ2n) is 7.27. The van der Waals surface area contributed by atoms with Gasteiger partial charge >= 0.3 is 11.6 Å². The third-order valence-corrected chi connectivity index (χ3v) is 4.18. The summed E-state index contributed by atoms with van der Waals surface area (Å²) in [6.45, 7) is 1.69. The van der Waals surface area contributed by atoms with Gasteiger partial charge in [-0.2, -0.15) is 0 Å². The van der Waals surface area contributed by atoms with Crippen LogP contribution in [-0.4, -0.2) is 27.1 Å². The van der Waals surface area contributed by atoms with Crippen molar-refractivity contribution in [2.75, 3.05) is 21.1 Å². The first kappa shape index (κ1) is 18.6. The highest BCUT2D eigenvalue weighted by atomic mass is 16.5. The largest absolute Gasteiger partial charge is 0.423 e. The molecule has 2 aromatic carbocycles. The van der Waals surface area contributed by atoms with Gasteiger partial charge in [-0.15, -0.1) is 0 Å². The lowest BCUT2D eigenvalue weighted by atomic mass is 10.1. The lowest BCUT2D eigenvalue weighted by Gasteiger charge is -2.23. The Hall–Kier alpha value is -3.18. The van der Waals surface area contributed by atoms with Crippen LogP contribution in [0.25, 0.3) is 17.0 Å². The number of hydrogen-bond acceptors (Lipinski definition) is 4. The number of quaternary nitrogens is 1. The van der Waals surface area contributed by atoms with Crippen LogP contribution >= 0.6 is 0 Å². The fourth-order valence-electron chi connectivity index (χ4n) is 2.61. The molecule has 0 saturated carbocycles. The Labute approximate surface area is 157 Å². The van der Waals surface area contributed by atoms with Gasteiger partial charge < -0.3 is 9.15 Å². The van der Waals surface area contributed by atoms with E-state index in [0.29, 0.717) is 16.9 Å². The van der Waals surface area contributed by atoms with E-state index in [2.05, 4.69) is 21.1 Å². The normalized spacial score (nSPS) is 11.9. The fourth-order valence-corrected chi connectivity index (χ4v) is 2.61. The number of fused-ring (bicyclic) bond motifs is 1. The molecule has 0 atom stereocenters. The van der Waals surface area contributed by atoms with Crippen LogP contribution in [0.3, 0.4) is 0 Å². The molecule has 0 fully saturated rings. The lowest BCUT2D eigenvalue weighted by molar-refractivity contribution is -0.128. The van der Waals surface area contributed by atoms with Crippen molar-refractivity contribution in [1.82, 2.24) is 4.48 Å². The highest BCUT2D eigenvalue weighted by Crippen LogP contribution is 2.21. The summed E-state index contributed by atoms with van der Waals surface area (Å²) in [5.41, 5.74) is 2.59. The number of hydrogen-bond donors (Lipinski definition) is 0. The highest BCUT2D eigenvalue weighted by molar-refractivity contribution is 5.89. The summed E-state index contributed by atoms with van der Waals surface area (Å²) >= 11 is 0. The lowest BCUT2D eigenvalue weighted by Crippen LogP contribution is -2.34. The minimum atomic E-state index is -0.500.